The Hall–Kier alpha value is -1.89. The molecule has 2 heterocycles. The van der Waals surface area contributed by atoms with Gasteiger partial charge in [-0.25, -0.2) is 0 Å². The minimum absolute atomic E-state index is 0.114. The third-order valence-electron chi connectivity index (χ3n) is 3.59. The van der Waals surface area contributed by atoms with Gasteiger partial charge in [-0.1, -0.05) is 0 Å². The number of carbonyl (C=O) groups is 2. The topological polar surface area (TPSA) is 84.5 Å². The van der Waals surface area contributed by atoms with Crippen LogP contribution in [-0.4, -0.2) is 64.6 Å². The molecule has 2 rings (SSSR count). The van der Waals surface area contributed by atoms with Crippen LogP contribution in [0.4, 0.5) is 0 Å². The average Bonchev–Trinajstić information content (AvgIpc) is 2.94. The number of nitrogens with two attached hydrogens (primary N) is 1. The van der Waals surface area contributed by atoms with Crippen LogP contribution >= 0.6 is 0 Å². The number of aryl methyl sites for hydroxylation is 1. The van der Waals surface area contributed by atoms with Crippen LogP contribution in [0.15, 0.2) is 6.07 Å². The van der Waals surface area contributed by atoms with E-state index in [2.05, 4.69) is 10.00 Å². The highest BCUT2D eigenvalue weighted by Crippen LogP contribution is 2.15. The van der Waals surface area contributed by atoms with Crippen molar-refractivity contribution in [2.75, 3.05) is 27.2 Å². The Bertz CT molecular complexity index is 510. The molecule has 0 radical (unpaired) electrons. The van der Waals surface area contributed by atoms with Gasteiger partial charge >= 0.3 is 0 Å². The van der Waals surface area contributed by atoms with Crippen molar-refractivity contribution in [3.63, 3.8) is 0 Å². The summed E-state index contributed by atoms with van der Waals surface area (Å²) in [4.78, 5) is 27.4. The summed E-state index contributed by atoms with van der Waals surface area (Å²) in [5, 5.41) is 3.94. The quantitative estimate of drug-likeness (QED) is 0.783. The van der Waals surface area contributed by atoms with E-state index in [1.54, 1.807) is 19.0 Å². The van der Waals surface area contributed by atoms with Crippen LogP contribution in [-0.2, 0) is 7.05 Å². The zero-order chi connectivity index (χ0) is 14.2. The van der Waals surface area contributed by atoms with E-state index in [9.17, 15) is 9.59 Å². The van der Waals surface area contributed by atoms with Gasteiger partial charge in [-0.15, -0.1) is 0 Å². The van der Waals surface area contributed by atoms with E-state index in [0.717, 1.165) is 19.5 Å². The third kappa shape index (κ3) is 2.60. The molecule has 7 heteroatoms. The molecule has 1 aromatic heterocycles. The maximum Gasteiger partial charge on any atom is 0.272 e. The van der Waals surface area contributed by atoms with Crippen molar-refractivity contribution >= 4 is 11.8 Å². The molecule has 2 amide bonds. The van der Waals surface area contributed by atoms with Gasteiger partial charge < -0.3 is 15.5 Å². The van der Waals surface area contributed by atoms with Gasteiger partial charge in [-0.3, -0.25) is 14.3 Å². The van der Waals surface area contributed by atoms with Crippen LogP contribution < -0.4 is 5.73 Å². The van der Waals surface area contributed by atoms with Gasteiger partial charge in [-0.2, -0.15) is 5.10 Å². The second-order valence-corrected chi connectivity index (χ2v) is 5.02. The first kappa shape index (κ1) is 13.5. The van der Waals surface area contributed by atoms with Gasteiger partial charge in [0.1, 0.15) is 5.69 Å². The number of likely N-dealkylation sites (tertiary alicyclic amines) is 1. The van der Waals surface area contributed by atoms with Gasteiger partial charge in [-0.05, 0) is 20.0 Å². The van der Waals surface area contributed by atoms with Crippen molar-refractivity contribution in [1.82, 2.24) is 19.6 Å². The molecule has 0 saturated carbocycles. The lowest BCUT2D eigenvalue weighted by Gasteiger charge is -2.24. The van der Waals surface area contributed by atoms with E-state index in [-0.39, 0.29) is 17.6 Å². The summed E-state index contributed by atoms with van der Waals surface area (Å²) < 4.78 is 1.40. The highest BCUT2D eigenvalue weighted by molar-refractivity contribution is 5.97. The lowest BCUT2D eigenvalue weighted by atomic mass is 10.2. The molecule has 0 spiro atoms. The predicted molar refractivity (Wildman–Crippen MR) is 69.7 cm³/mol. The number of rotatable bonds is 3. The molecule has 1 aliphatic rings. The number of primary amides is 1. The van der Waals surface area contributed by atoms with Crippen LogP contribution in [0.2, 0.25) is 0 Å². The molecule has 0 aromatic carbocycles. The normalized spacial score (nSPS) is 19.6. The Kier molecular flexibility index (Phi) is 3.57. The minimum Gasteiger partial charge on any atom is -0.364 e. The molecule has 1 aliphatic heterocycles. The Balaban J connectivity index is 2.17. The molecule has 1 fully saturated rings. The number of nitrogens with zero attached hydrogens (tertiary/aromatic N) is 4. The van der Waals surface area contributed by atoms with E-state index in [1.807, 2.05) is 7.05 Å². The maximum atomic E-state index is 12.4. The fourth-order valence-corrected chi connectivity index (χ4v) is 2.36. The Morgan fingerprint density at radius 1 is 1.47 bits per heavy atom. The molecule has 1 aromatic rings. The predicted octanol–water partition coefficient (Wildman–Crippen LogP) is -0.705. The lowest BCUT2D eigenvalue weighted by Crippen LogP contribution is -2.39. The number of likely N-dealkylation sites (N-methyl/N-ethyl adjacent to an activating group) is 2. The first-order chi connectivity index (χ1) is 8.90. The SMILES string of the molecule is CN1CCC(N(C)C(=O)c2cc(C(N)=O)nn2C)C1. The van der Waals surface area contributed by atoms with Crippen LogP contribution in [0.25, 0.3) is 0 Å². The minimum atomic E-state index is -0.627. The summed E-state index contributed by atoms with van der Waals surface area (Å²) in [6.45, 7) is 1.85. The van der Waals surface area contributed by atoms with Crippen LogP contribution in [0.1, 0.15) is 27.4 Å². The first-order valence-corrected chi connectivity index (χ1v) is 6.19. The van der Waals surface area contributed by atoms with Gasteiger partial charge in [0.2, 0.25) is 0 Å². The molecule has 1 saturated heterocycles. The Morgan fingerprint density at radius 2 is 2.16 bits per heavy atom. The number of amides is 2. The monoisotopic (exact) mass is 265 g/mol. The number of carbonyl (C=O) groups excluding carboxylic acids is 2. The molecule has 0 aliphatic carbocycles. The first-order valence-electron chi connectivity index (χ1n) is 6.19. The van der Waals surface area contributed by atoms with Crippen molar-refractivity contribution in [2.24, 2.45) is 12.8 Å². The standard InChI is InChI=1S/C12H19N5O2/c1-15-5-4-8(7-15)16(2)12(19)10-6-9(11(13)18)14-17(10)3/h6,8H,4-5,7H2,1-3H3,(H2,13,18). The van der Waals surface area contributed by atoms with Crippen molar-refractivity contribution in [3.05, 3.63) is 17.5 Å². The van der Waals surface area contributed by atoms with Crippen LogP contribution in [0.5, 0.6) is 0 Å². The number of hydrogen-bond acceptors (Lipinski definition) is 4. The van der Waals surface area contributed by atoms with Crippen molar-refractivity contribution in [2.45, 2.75) is 12.5 Å². The molecule has 7 nitrogen and oxygen atoms in total. The summed E-state index contributed by atoms with van der Waals surface area (Å²) in [6, 6.07) is 1.64. The largest absolute Gasteiger partial charge is 0.364 e. The van der Waals surface area contributed by atoms with Gasteiger partial charge in [0.15, 0.2) is 5.69 Å². The lowest BCUT2D eigenvalue weighted by molar-refractivity contribution is 0.0726. The second-order valence-electron chi connectivity index (χ2n) is 5.02. The Labute approximate surface area is 111 Å². The Morgan fingerprint density at radius 3 is 2.63 bits per heavy atom. The van der Waals surface area contributed by atoms with Crippen LogP contribution in [0.3, 0.4) is 0 Å². The molecular formula is C12H19N5O2. The van der Waals surface area contributed by atoms with Crippen molar-refractivity contribution in [3.8, 4) is 0 Å². The van der Waals surface area contributed by atoms with E-state index in [0.29, 0.717) is 5.69 Å². The van der Waals surface area contributed by atoms with Crippen molar-refractivity contribution in [1.29, 1.82) is 0 Å². The summed E-state index contributed by atoms with van der Waals surface area (Å²) in [5.74, 6) is -0.763. The fraction of sp³-hybridized carbons (Fsp3) is 0.583. The fourth-order valence-electron chi connectivity index (χ4n) is 2.36. The molecule has 2 N–H and O–H groups in total. The maximum absolute atomic E-state index is 12.4. The van der Waals surface area contributed by atoms with Gasteiger partial charge in [0.05, 0.1) is 0 Å². The molecular weight excluding hydrogens is 246 g/mol. The zero-order valence-corrected chi connectivity index (χ0v) is 11.5. The van der Waals surface area contributed by atoms with E-state index in [1.165, 1.54) is 10.7 Å². The van der Waals surface area contributed by atoms with E-state index < -0.39 is 5.91 Å². The smallest absolute Gasteiger partial charge is 0.272 e. The highest BCUT2D eigenvalue weighted by Gasteiger charge is 2.28. The van der Waals surface area contributed by atoms with E-state index in [4.69, 9.17) is 5.73 Å². The molecule has 0 bridgehead atoms. The molecule has 104 valence electrons. The van der Waals surface area contributed by atoms with Gasteiger partial charge in [0, 0.05) is 32.7 Å². The summed E-state index contributed by atoms with van der Waals surface area (Å²) in [7, 11) is 5.45. The summed E-state index contributed by atoms with van der Waals surface area (Å²) in [5.41, 5.74) is 5.66. The highest BCUT2D eigenvalue weighted by atomic mass is 16.2. The zero-order valence-electron chi connectivity index (χ0n) is 11.5. The molecule has 1 unspecified atom stereocenters. The van der Waals surface area contributed by atoms with Gasteiger partial charge in [0.25, 0.3) is 11.8 Å². The molecule has 19 heavy (non-hydrogen) atoms. The van der Waals surface area contributed by atoms with Crippen LogP contribution in [0, 0.1) is 0 Å². The number of aromatic nitrogens is 2. The second kappa shape index (κ2) is 5.00. The van der Waals surface area contributed by atoms with Crippen molar-refractivity contribution < 1.29 is 9.59 Å². The summed E-state index contributed by atoms with van der Waals surface area (Å²) in [6.07, 6.45) is 0.958. The number of hydrogen-bond donors (Lipinski definition) is 1. The molecule has 1 atom stereocenters. The third-order valence-corrected chi connectivity index (χ3v) is 3.59. The van der Waals surface area contributed by atoms with E-state index >= 15 is 0 Å². The average molecular weight is 265 g/mol. The summed E-state index contributed by atoms with van der Waals surface area (Å²) >= 11 is 0.